The maximum absolute atomic E-state index is 13.6. The van der Waals surface area contributed by atoms with Crippen LogP contribution < -0.4 is 5.32 Å². The number of esters is 1. The summed E-state index contributed by atoms with van der Waals surface area (Å²) < 4.78 is 5.64. The minimum absolute atomic E-state index is 0.0670. The first-order valence-corrected chi connectivity index (χ1v) is 20.3. The number of anilines is 1. The fourth-order valence-corrected chi connectivity index (χ4v) is 7.03. The fourth-order valence-electron chi connectivity index (χ4n) is 7.03. The fraction of sp³-hybridized carbons (Fsp3) is 0.404. The van der Waals surface area contributed by atoms with E-state index in [0.29, 0.717) is 40.0 Å². The Kier molecular flexibility index (Phi) is 16.5. The third-order valence-corrected chi connectivity index (χ3v) is 10.1. The Morgan fingerprint density at radius 2 is 1.07 bits per heavy atom. The molecule has 1 amide bonds. The number of azo groups is 1. The van der Waals surface area contributed by atoms with Gasteiger partial charge in [-0.25, -0.2) is 4.79 Å². The number of unbranched alkanes of at least 4 members (excludes halogenated alkanes) is 16. The molecule has 0 fully saturated rings. The van der Waals surface area contributed by atoms with Crippen molar-refractivity contribution in [3.8, 4) is 5.75 Å². The molecule has 0 aliphatic heterocycles. The van der Waals surface area contributed by atoms with Crippen LogP contribution in [0.15, 0.2) is 107 Å². The third-order valence-electron chi connectivity index (χ3n) is 10.1. The molecule has 284 valence electrons. The van der Waals surface area contributed by atoms with Crippen molar-refractivity contribution in [2.45, 2.75) is 116 Å². The number of nitrogens with zero attached hydrogens (tertiary/aromatic N) is 2. The molecule has 0 saturated heterocycles. The first-order chi connectivity index (χ1) is 26.6. The van der Waals surface area contributed by atoms with E-state index in [9.17, 15) is 14.7 Å². The Hall–Kier alpha value is -5.04. The van der Waals surface area contributed by atoms with E-state index in [4.69, 9.17) is 4.74 Å². The van der Waals surface area contributed by atoms with Gasteiger partial charge in [0.15, 0.2) is 0 Å². The maximum Gasteiger partial charge on any atom is 0.340 e. The van der Waals surface area contributed by atoms with Crippen LogP contribution in [0.3, 0.4) is 0 Å². The molecular formula is C47H57N3O4. The highest BCUT2D eigenvalue weighted by Gasteiger charge is 2.19. The summed E-state index contributed by atoms with van der Waals surface area (Å²) >= 11 is 0. The van der Waals surface area contributed by atoms with E-state index < -0.39 is 11.9 Å². The van der Waals surface area contributed by atoms with Gasteiger partial charge in [-0.05, 0) is 36.1 Å². The van der Waals surface area contributed by atoms with E-state index in [0.717, 1.165) is 30.0 Å². The lowest BCUT2D eigenvalue weighted by atomic mass is 10.0. The number of nitrogens with one attached hydrogen (secondary N) is 1. The maximum atomic E-state index is 13.6. The van der Waals surface area contributed by atoms with Crippen molar-refractivity contribution in [3.05, 3.63) is 108 Å². The van der Waals surface area contributed by atoms with Crippen molar-refractivity contribution in [3.63, 3.8) is 0 Å². The second-order valence-electron chi connectivity index (χ2n) is 14.3. The minimum atomic E-state index is -0.473. The zero-order valence-corrected chi connectivity index (χ0v) is 32.0. The molecule has 0 atom stereocenters. The number of hydrogen-bond donors (Lipinski definition) is 2. The molecule has 0 aliphatic rings. The van der Waals surface area contributed by atoms with Crippen molar-refractivity contribution in [1.82, 2.24) is 0 Å². The molecular weight excluding hydrogens is 671 g/mol. The first kappa shape index (κ1) is 40.2. The highest BCUT2D eigenvalue weighted by atomic mass is 16.5. The van der Waals surface area contributed by atoms with Crippen LogP contribution in [-0.2, 0) is 4.74 Å². The number of hydrogen-bond acceptors (Lipinski definition) is 6. The molecule has 2 N–H and O–H groups in total. The summed E-state index contributed by atoms with van der Waals surface area (Å²) in [6.07, 6.45) is 22.1. The van der Waals surface area contributed by atoms with Gasteiger partial charge < -0.3 is 15.2 Å². The molecule has 0 saturated carbocycles. The van der Waals surface area contributed by atoms with Crippen LogP contribution >= 0.6 is 0 Å². The van der Waals surface area contributed by atoms with Crippen molar-refractivity contribution < 1.29 is 19.4 Å². The lowest BCUT2D eigenvalue weighted by Crippen LogP contribution is -2.12. The van der Waals surface area contributed by atoms with Crippen LogP contribution in [0.1, 0.15) is 137 Å². The molecule has 5 aromatic carbocycles. The molecule has 0 heterocycles. The van der Waals surface area contributed by atoms with E-state index in [2.05, 4.69) is 22.5 Å². The number of amides is 1. The second-order valence-corrected chi connectivity index (χ2v) is 14.3. The number of carbonyl (C=O) groups excluding carboxylic acids is 2. The number of benzene rings is 5. The molecule has 0 radical (unpaired) electrons. The number of fused-ring (bicyclic) bond motifs is 2. The molecule has 0 aromatic heterocycles. The molecule has 0 spiro atoms. The molecule has 5 rings (SSSR count). The Morgan fingerprint density at radius 1 is 0.556 bits per heavy atom. The summed E-state index contributed by atoms with van der Waals surface area (Å²) in [5.41, 5.74) is 1.78. The van der Waals surface area contributed by atoms with Crippen LogP contribution in [0.25, 0.3) is 21.5 Å². The Balaban J connectivity index is 1.08. The monoisotopic (exact) mass is 727 g/mol. The number of phenols is 1. The van der Waals surface area contributed by atoms with E-state index in [1.807, 2.05) is 54.6 Å². The lowest BCUT2D eigenvalue weighted by molar-refractivity contribution is 0.0498. The molecule has 5 aromatic rings. The molecule has 7 nitrogen and oxygen atoms in total. The minimum Gasteiger partial charge on any atom is -0.506 e. The van der Waals surface area contributed by atoms with Crippen LogP contribution in [0.5, 0.6) is 5.75 Å². The summed E-state index contributed by atoms with van der Waals surface area (Å²) in [5.74, 6) is -1.05. The number of phenolic OH excluding ortho intramolecular Hbond substituents is 1. The van der Waals surface area contributed by atoms with Gasteiger partial charge in [-0.3, -0.25) is 4.79 Å². The zero-order chi connectivity index (χ0) is 37.8. The van der Waals surface area contributed by atoms with E-state index >= 15 is 0 Å². The summed E-state index contributed by atoms with van der Waals surface area (Å²) in [4.78, 5) is 26.7. The van der Waals surface area contributed by atoms with Crippen LogP contribution in [0, 0.1) is 0 Å². The van der Waals surface area contributed by atoms with E-state index in [1.165, 1.54) is 96.0 Å². The first-order valence-electron chi connectivity index (χ1n) is 20.3. The Labute approximate surface area is 321 Å². The van der Waals surface area contributed by atoms with Gasteiger partial charge in [-0.15, -0.1) is 10.2 Å². The molecule has 7 heteroatoms. The normalized spacial score (nSPS) is 11.4. The number of aromatic hydroxyl groups is 1. The second kappa shape index (κ2) is 22.2. The summed E-state index contributed by atoms with van der Waals surface area (Å²) in [7, 11) is 0. The van der Waals surface area contributed by atoms with Gasteiger partial charge in [0.2, 0.25) is 0 Å². The molecule has 54 heavy (non-hydrogen) atoms. The lowest BCUT2D eigenvalue weighted by Gasteiger charge is -2.12. The van der Waals surface area contributed by atoms with Gasteiger partial charge in [0.1, 0.15) is 11.4 Å². The average molecular weight is 728 g/mol. The van der Waals surface area contributed by atoms with Gasteiger partial charge in [-0.1, -0.05) is 182 Å². The average Bonchev–Trinajstić information content (AvgIpc) is 3.20. The Morgan fingerprint density at radius 3 is 1.74 bits per heavy atom. The van der Waals surface area contributed by atoms with Gasteiger partial charge >= 0.3 is 5.97 Å². The SMILES string of the molecule is CCCCCCCCCCCCCCCCCCCOC(=O)c1ccccc1N=Nc1cc(C(=O)Nc2cccc3ccccc23)c(O)c2ccccc12. The zero-order valence-electron chi connectivity index (χ0n) is 32.0. The van der Waals surface area contributed by atoms with Crippen molar-refractivity contribution in [2.24, 2.45) is 10.2 Å². The summed E-state index contributed by atoms with van der Waals surface area (Å²) in [6.45, 7) is 2.64. The number of ether oxygens (including phenoxy) is 1. The molecule has 0 bridgehead atoms. The highest BCUT2D eigenvalue weighted by molar-refractivity contribution is 6.14. The largest absolute Gasteiger partial charge is 0.506 e. The predicted octanol–water partition coefficient (Wildman–Crippen LogP) is 14.2. The molecule has 0 aliphatic carbocycles. The number of carbonyl (C=O) groups is 2. The predicted molar refractivity (Wildman–Crippen MR) is 223 cm³/mol. The van der Waals surface area contributed by atoms with Crippen LogP contribution in [0.4, 0.5) is 17.1 Å². The van der Waals surface area contributed by atoms with Gasteiger partial charge in [0.05, 0.1) is 23.4 Å². The standard InChI is InChI=1S/C47H57N3O4/c1-2-3-4-5-6-7-8-9-10-11-12-13-14-15-16-17-24-34-54-47(53)40-31-22-23-32-43(40)49-50-44-35-41(45(51)39-30-21-20-29-38(39)44)46(52)48-42-33-25-27-36-26-18-19-28-37(36)42/h18-23,25-33,35,51H,2-17,24,34H2,1H3,(H,48,52). The van der Waals surface area contributed by atoms with Crippen LogP contribution in [0.2, 0.25) is 0 Å². The molecule has 0 unspecified atom stereocenters. The van der Waals surface area contributed by atoms with Crippen molar-refractivity contribution in [1.29, 1.82) is 0 Å². The smallest absolute Gasteiger partial charge is 0.340 e. The highest BCUT2D eigenvalue weighted by Crippen LogP contribution is 2.38. The van der Waals surface area contributed by atoms with E-state index in [-0.39, 0.29) is 11.3 Å². The summed E-state index contributed by atoms with van der Waals surface area (Å²) in [5, 5.41) is 26.1. The van der Waals surface area contributed by atoms with Crippen molar-refractivity contribution in [2.75, 3.05) is 11.9 Å². The van der Waals surface area contributed by atoms with Crippen LogP contribution in [-0.4, -0.2) is 23.6 Å². The van der Waals surface area contributed by atoms with Crippen molar-refractivity contribution >= 4 is 50.5 Å². The topological polar surface area (TPSA) is 100 Å². The third kappa shape index (κ3) is 12.0. The quantitative estimate of drug-likeness (QED) is 0.0397. The van der Waals surface area contributed by atoms with Gasteiger partial charge in [0.25, 0.3) is 5.91 Å². The Bertz CT molecular complexity index is 1970. The van der Waals surface area contributed by atoms with E-state index in [1.54, 1.807) is 36.4 Å². The van der Waals surface area contributed by atoms with Gasteiger partial charge in [-0.2, -0.15) is 0 Å². The van der Waals surface area contributed by atoms with Gasteiger partial charge in [0, 0.05) is 21.8 Å². The number of rotatable bonds is 23. The summed E-state index contributed by atoms with van der Waals surface area (Å²) in [6, 6.07) is 29.1.